The maximum Gasteiger partial charge on any atom is 0.119 e. The van der Waals surface area contributed by atoms with Crippen LogP contribution in [-0.4, -0.2) is 10.2 Å². The zero-order valence-corrected chi connectivity index (χ0v) is 19.0. The molecule has 2 nitrogen and oxygen atoms in total. The number of hydrogen-bond acceptors (Lipinski definition) is 2. The topological polar surface area (TPSA) is 40.5 Å². The summed E-state index contributed by atoms with van der Waals surface area (Å²) >= 11 is 0. The van der Waals surface area contributed by atoms with Crippen molar-refractivity contribution in [1.82, 2.24) is 0 Å². The largest absolute Gasteiger partial charge is 0.508 e. The molecular weight excluding hydrogens is 356 g/mol. The summed E-state index contributed by atoms with van der Waals surface area (Å²) in [4.78, 5) is 0. The number of rotatable bonds is 19. The summed E-state index contributed by atoms with van der Waals surface area (Å²) in [6, 6.07) is 4.90. The Balaban J connectivity index is 1.78. The molecule has 0 aliphatic carbocycles. The van der Waals surface area contributed by atoms with Crippen molar-refractivity contribution in [2.24, 2.45) is 0 Å². The molecule has 0 saturated carbocycles. The van der Waals surface area contributed by atoms with Crippen LogP contribution in [0.15, 0.2) is 30.4 Å². The van der Waals surface area contributed by atoms with E-state index in [1.165, 1.54) is 109 Å². The molecule has 0 fully saturated rings. The van der Waals surface area contributed by atoms with Gasteiger partial charge in [-0.05, 0) is 56.2 Å². The number of phenols is 2. The van der Waals surface area contributed by atoms with Gasteiger partial charge in [0.15, 0.2) is 0 Å². The average Bonchev–Trinajstić information content (AvgIpc) is 2.69. The third kappa shape index (κ3) is 16.1. The van der Waals surface area contributed by atoms with Crippen LogP contribution in [0.4, 0.5) is 0 Å². The fourth-order valence-electron chi connectivity index (χ4n) is 3.91. The lowest BCUT2D eigenvalue weighted by molar-refractivity contribution is 0.449. The van der Waals surface area contributed by atoms with Crippen LogP contribution in [0, 0.1) is 0 Å². The molecule has 0 heterocycles. The van der Waals surface area contributed by atoms with Crippen LogP contribution in [0.25, 0.3) is 0 Å². The molecule has 0 aromatic heterocycles. The number of hydrogen-bond donors (Lipinski definition) is 2. The van der Waals surface area contributed by atoms with E-state index in [1.807, 2.05) is 0 Å². The van der Waals surface area contributed by atoms with Gasteiger partial charge in [0.05, 0.1) is 0 Å². The quantitative estimate of drug-likeness (QED) is 0.179. The van der Waals surface area contributed by atoms with E-state index in [-0.39, 0.29) is 11.5 Å². The third-order valence-corrected chi connectivity index (χ3v) is 5.69. The van der Waals surface area contributed by atoms with Gasteiger partial charge < -0.3 is 10.2 Å². The van der Waals surface area contributed by atoms with Gasteiger partial charge in [-0.25, -0.2) is 0 Å². The second-order valence-electron chi connectivity index (χ2n) is 8.61. The van der Waals surface area contributed by atoms with E-state index in [9.17, 15) is 10.2 Å². The molecule has 2 N–H and O–H groups in total. The number of allylic oxidation sites excluding steroid dienone is 2. The van der Waals surface area contributed by atoms with Crippen LogP contribution in [0.1, 0.15) is 122 Å². The number of unbranched alkanes of at least 4 members (excludes halogenated alkanes) is 15. The summed E-state index contributed by atoms with van der Waals surface area (Å²) in [5.41, 5.74) is 1.03. The first-order valence-corrected chi connectivity index (χ1v) is 12.4. The molecule has 0 atom stereocenters. The van der Waals surface area contributed by atoms with Gasteiger partial charge in [-0.3, -0.25) is 0 Å². The van der Waals surface area contributed by atoms with Crippen molar-refractivity contribution in [3.63, 3.8) is 0 Å². The zero-order chi connectivity index (χ0) is 21.0. The molecular formula is C27H46O2. The Morgan fingerprint density at radius 2 is 0.966 bits per heavy atom. The van der Waals surface area contributed by atoms with E-state index < -0.39 is 0 Å². The van der Waals surface area contributed by atoms with Gasteiger partial charge in [0, 0.05) is 6.07 Å². The van der Waals surface area contributed by atoms with Crippen molar-refractivity contribution in [2.45, 2.75) is 122 Å². The first-order valence-electron chi connectivity index (χ1n) is 12.4. The highest BCUT2D eigenvalue weighted by Gasteiger charge is 1.99. The van der Waals surface area contributed by atoms with Crippen molar-refractivity contribution < 1.29 is 10.2 Å². The Morgan fingerprint density at radius 1 is 0.552 bits per heavy atom. The fourth-order valence-corrected chi connectivity index (χ4v) is 3.91. The molecule has 0 amide bonds. The number of benzene rings is 1. The molecule has 1 aromatic carbocycles. The molecule has 166 valence electrons. The SMILES string of the molecule is CCCCCC/C=C\CCCCCCCCCCCCCc1cc(O)cc(O)c1. The maximum absolute atomic E-state index is 9.49. The van der Waals surface area contributed by atoms with E-state index in [0.717, 1.165) is 18.4 Å². The lowest BCUT2D eigenvalue weighted by Crippen LogP contribution is -1.87. The molecule has 0 aliphatic heterocycles. The highest BCUT2D eigenvalue weighted by Crippen LogP contribution is 2.22. The summed E-state index contributed by atoms with van der Waals surface area (Å²) in [6.45, 7) is 2.27. The van der Waals surface area contributed by atoms with E-state index in [2.05, 4.69) is 19.1 Å². The van der Waals surface area contributed by atoms with Crippen molar-refractivity contribution >= 4 is 0 Å². The van der Waals surface area contributed by atoms with Gasteiger partial charge in [-0.2, -0.15) is 0 Å². The van der Waals surface area contributed by atoms with Crippen molar-refractivity contribution in [2.75, 3.05) is 0 Å². The summed E-state index contributed by atoms with van der Waals surface area (Å²) in [7, 11) is 0. The van der Waals surface area contributed by atoms with Crippen LogP contribution in [0.5, 0.6) is 11.5 Å². The first kappa shape index (κ1) is 25.6. The van der Waals surface area contributed by atoms with Crippen LogP contribution in [0.3, 0.4) is 0 Å². The van der Waals surface area contributed by atoms with Crippen LogP contribution in [-0.2, 0) is 6.42 Å². The molecule has 0 unspecified atom stereocenters. The molecule has 0 bridgehead atoms. The van der Waals surface area contributed by atoms with Gasteiger partial charge in [0.1, 0.15) is 11.5 Å². The fraction of sp³-hybridized carbons (Fsp3) is 0.704. The predicted molar refractivity (Wildman–Crippen MR) is 127 cm³/mol. The van der Waals surface area contributed by atoms with Gasteiger partial charge in [0.25, 0.3) is 0 Å². The Bertz CT molecular complexity index is 501. The van der Waals surface area contributed by atoms with Crippen LogP contribution in [0.2, 0.25) is 0 Å². The van der Waals surface area contributed by atoms with Crippen LogP contribution >= 0.6 is 0 Å². The number of aryl methyl sites for hydroxylation is 1. The predicted octanol–water partition coefficient (Wildman–Crippen LogP) is 8.85. The third-order valence-electron chi connectivity index (χ3n) is 5.69. The minimum absolute atomic E-state index is 0.161. The Labute approximate surface area is 180 Å². The standard InChI is InChI=1S/C27H46O2/c1-2-3-4-5-6-7-8-9-10-11-12-13-14-15-16-17-18-19-20-21-25-22-26(28)24-27(29)23-25/h7-8,22-24,28-29H,2-6,9-21H2,1H3/b8-7-. The molecule has 0 saturated heterocycles. The number of aromatic hydroxyl groups is 2. The lowest BCUT2D eigenvalue weighted by atomic mass is 10.0. The Morgan fingerprint density at radius 3 is 1.45 bits per heavy atom. The lowest BCUT2D eigenvalue weighted by Gasteiger charge is -2.04. The minimum atomic E-state index is 0.161. The van der Waals surface area contributed by atoms with E-state index >= 15 is 0 Å². The van der Waals surface area contributed by atoms with E-state index in [0.29, 0.717) is 0 Å². The van der Waals surface area contributed by atoms with Crippen LogP contribution < -0.4 is 0 Å². The van der Waals surface area contributed by atoms with Crippen molar-refractivity contribution in [1.29, 1.82) is 0 Å². The summed E-state index contributed by atoms with van der Waals surface area (Å²) < 4.78 is 0. The highest BCUT2D eigenvalue weighted by molar-refractivity contribution is 5.36. The molecule has 0 spiro atoms. The molecule has 0 aliphatic rings. The van der Waals surface area contributed by atoms with Crippen molar-refractivity contribution in [3.05, 3.63) is 35.9 Å². The number of phenolic OH excluding ortho intramolecular Hbond substituents is 2. The zero-order valence-electron chi connectivity index (χ0n) is 19.0. The normalized spacial score (nSPS) is 11.5. The Kier molecular flexibility index (Phi) is 16.4. The molecule has 1 aromatic rings. The maximum atomic E-state index is 9.49. The first-order chi connectivity index (χ1) is 14.2. The van der Waals surface area contributed by atoms with Crippen molar-refractivity contribution in [3.8, 4) is 11.5 Å². The van der Waals surface area contributed by atoms with E-state index in [1.54, 1.807) is 12.1 Å². The smallest absolute Gasteiger partial charge is 0.119 e. The van der Waals surface area contributed by atoms with E-state index in [4.69, 9.17) is 0 Å². The van der Waals surface area contributed by atoms with Gasteiger partial charge in [-0.15, -0.1) is 0 Å². The Hall–Kier alpha value is -1.44. The second kappa shape index (κ2) is 18.6. The van der Waals surface area contributed by atoms with Gasteiger partial charge in [-0.1, -0.05) is 96.1 Å². The second-order valence-corrected chi connectivity index (χ2v) is 8.61. The molecule has 0 radical (unpaired) electrons. The minimum Gasteiger partial charge on any atom is -0.508 e. The highest BCUT2D eigenvalue weighted by atomic mass is 16.3. The monoisotopic (exact) mass is 402 g/mol. The average molecular weight is 403 g/mol. The van der Waals surface area contributed by atoms with Gasteiger partial charge in [0.2, 0.25) is 0 Å². The summed E-state index contributed by atoms with van der Waals surface area (Å²) in [5, 5.41) is 19.0. The molecule has 1 rings (SSSR count). The summed E-state index contributed by atoms with van der Waals surface area (Å²) in [6.07, 6.45) is 28.5. The molecule has 2 heteroatoms. The summed E-state index contributed by atoms with van der Waals surface area (Å²) in [5.74, 6) is 0.323. The van der Waals surface area contributed by atoms with Gasteiger partial charge >= 0.3 is 0 Å². The molecule has 29 heavy (non-hydrogen) atoms.